The number of hydrogen-bond acceptors (Lipinski definition) is 3. The molecule has 0 spiro atoms. The second-order valence-electron chi connectivity index (χ2n) is 5.00. The zero-order valence-electron chi connectivity index (χ0n) is 12.2. The van der Waals surface area contributed by atoms with Crippen molar-refractivity contribution in [1.82, 2.24) is 10.2 Å². The Morgan fingerprint density at radius 2 is 1.86 bits per heavy atom. The van der Waals surface area contributed by atoms with E-state index in [1.165, 1.54) is 0 Å². The van der Waals surface area contributed by atoms with Crippen LogP contribution in [-0.4, -0.2) is 17.3 Å². The van der Waals surface area contributed by atoms with Gasteiger partial charge >= 0.3 is 0 Å². The summed E-state index contributed by atoms with van der Waals surface area (Å²) in [5.74, 6) is 0.784. The topological polar surface area (TPSA) is 55.0 Å². The third kappa shape index (κ3) is 3.06. The van der Waals surface area contributed by atoms with Gasteiger partial charge in [0.15, 0.2) is 0 Å². The van der Waals surface area contributed by atoms with Crippen LogP contribution in [0.25, 0.3) is 11.3 Å². The van der Waals surface area contributed by atoms with Gasteiger partial charge < -0.3 is 4.74 Å². The molecule has 0 atom stereocenters. The largest absolute Gasteiger partial charge is 0.497 e. The van der Waals surface area contributed by atoms with Crippen LogP contribution >= 0.6 is 0 Å². The molecule has 0 fully saturated rings. The Balaban J connectivity index is 1.95. The number of nitrogens with one attached hydrogen (secondary N) is 1. The highest BCUT2D eigenvalue weighted by molar-refractivity contribution is 5.58. The fourth-order valence-electron chi connectivity index (χ4n) is 2.34. The molecule has 3 aromatic rings. The summed E-state index contributed by atoms with van der Waals surface area (Å²) < 4.78 is 5.22. The van der Waals surface area contributed by atoms with Crippen LogP contribution in [0.1, 0.15) is 11.1 Å². The van der Waals surface area contributed by atoms with E-state index in [4.69, 9.17) is 4.74 Å². The molecule has 0 amide bonds. The summed E-state index contributed by atoms with van der Waals surface area (Å²) in [7, 11) is 1.63. The summed E-state index contributed by atoms with van der Waals surface area (Å²) in [6.45, 7) is 0. The maximum Gasteiger partial charge on any atom is 0.267 e. The van der Waals surface area contributed by atoms with Gasteiger partial charge in [-0.05, 0) is 23.8 Å². The number of benzene rings is 2. The van der Waals surface area contributed by atoms with Gasteiger partial charge in [0.2, 0.25) is 0 Å². The Bertz CT molecular complexity index is 826. The summed E-state index contributed by atoms with van der Waals surface area (Å²) in [5.41, 5.74) is 3.28. The van der Waals surface area contributed by atoms with Crippen LogP contribution in [0, 0.1) is 0 Å². The number of methoxy groups -OCH3 is 1. The van der Waals surface area contributed by atoms with E-state index in [0.29, 0.717) is 12.0 Å². The average molecular weight is 292 g/mol. The lowest BCUT2D eigenvalue weighted by Crippen LogP contribution is -2.15. The number of nitrogens with zero attached hydrogens (tertiary/aromatic N) is 1. The first-order valence-corrected chi connectivity index (χ1v) is 7.03. The Labute approximate surface area is 128 Å². The third-order valence-electron chi connectivity index (χ3n) is 3.48. The average Bonchev–Trinajstić information content (AvgIpc) is 2.58. The summed E-state index contributed by atoms with van der Waals surface area (Å²) in [5, 5.41) is 6.70. The predicted molar refractivity (Wildman–Crippen MR) is 86.1 cm³/mol. The zero-order valence-corrected chi connectivity index (χ0v) is 12.2. The molecule has 0 saturated carbocycles. The first-order chi connectivity index (χ1) is 10.8. The molecule has 0 aliphatic heterocycles. The van der Waals surface area contributed by atoms with Crippen LogP contribution in [-0.2, 0) is 6.42 Å². The first kappa shape index (κ1) is 14.1. The molecule has 0 aliphatic rings. The zero-order chi connectivity index (χ0) is 15.4. The van der Waals surface area contributed by atoms with Crippen molar-refractivity contribution in [3.05, 3.63) is 82.1 Å². The van der Waals surface area contributed by atoms with Crippen molar-refractivity contribution >= 4 is 0 Å². The van der Waals surface area contributed by atoms with Gasteiger partial charge in [-0.1, -0.05) is 42.5 Å². The molecule has 4 nitrogen and oxygen atoms in total. The number of ether oxygens (including phenoxy) is 1. The van der Waals surface area contributed by atoms with E-state index in [9.17, 15) is 4.79 Å². The van der Waals surface area contributed by atoms with Crippen LogP contribution in [0.15, 0.2) is 65.5 Å². The molecule has 0 bridgehead atoms. The molecule has 2 aromatic carbocycles. The van der Waals surface area contributed by atoms with Crippen molar-refractivity contribution in [2.75, 3.05) is 7.11 Å². The first-order valence-electron chi connectivity index (χ1n) is 7.03. The molecule has 1 aromatic heterocycles. The summed E-state index contributed by atoms with van der Waals surface area (Å²) >= 11 is 0. The van der Waals surface area contributed by atoms with Gasteiger partial charge in [0, 0.05) is 17.5 Å². The molecule has 1 N–H and O–H groups in total. The van der Waals surface area contributed by atoms with Gasteiger partial charge in [-0.2, -0.15) is 5.10 Å². The molecular formula is C18H16N2O2. The van der Waals surface area contributed by atoms with E-state index >= 15 is 0 Å². The minimum Gasteiger partial charge on any atom is -0.497 e. The number of aromatic amines is 1. The highest BCUT2D eigenvalue weighted by atomic mass is 16.5. The van der Waals surface area contributed by atoms with Gasteiger partial charge in [0.05, 0.1) is 12.8 Å². The molecule has 1 heterocycles. The van der Waals surface area contributed by atoms with Crippen molar-refractivity contribution in [3.8, 4) is 17.0 Å². The van der Waals surface area contributed by atoms with E-state index in [-0.39, 0.29) is 5.56 Å². The quantitative estimate of drug-likeness (QED) is 0.804. The smallest absolute Gasteiger partial charge is 0.267 e. The van der Waals surface area contributed by atoms with Gasteiger partial charge in [0.1, 0.15) is 5.75 Å². The molecule has 0 saturated heterocycles. The van der Waals surface area contributed by atoms with Crippen LogP contribution in [0.5, 0.6) is 5.75 Å². The van der Waals surface area contributed by atoms with Crippen LogP contribution in [0.3, 0.4) is 0 Å². The highest BCUT2D eigenvalue weighted by Crippen LogP contribution is 2.18. The molecule has 0 radical (unpaired) electrons. The van der Waals surface area contributed by atoms with Crippen molar-refractivity contribution in [1.29, 1.82) is 0 Å². The minimum atomic E-state index is -0.164. The fraction of sp³-hybridized carbons (Fsp3) is 0.111. The maximum absolute atomic E-state index is 12.0. The van der Waals surface area contributed by atoms with Crippen LogP contribution in [0.2, 0.25) is 0 Å². The van der Waals surface area contributed by atoms with Crippen molar-refractivity contribution in [2.24, 2.45) is 0 Å². The molecule has 4 heteroatoms. The second-order valence-corrected chi connectivity index (χ2v) is 5.00. The minimum absolute atomic E-state index is 0.164. The second kappa shape index (κ2) is 6.26. The van der Waals surface area contributed by atoms with Gasteiger partial charge in [-0.25, -0.2) is 5.10 Å². The van der Waals surface area contributed by atoms with Gasteiger partial charge in [-0.3, -0.25) is 4.79 Å². The number of rotatable bonds is 4. The van der Waals surface area contributed by atoms with E-state index in [1.54, 1.807) is 7.11 Å². The lowest BCUT2D eigenvalue weighted by molar-refractivity contribution is 0.414. The number of H-pyrrole nitrogens is 1. The Kier molecular flexibility index (Phi) is 4.01. The molecule has 0 unspecified atom stereocenters. The number of aromatic nitrogens is 2. The van der Waals surface area contributed by atoms with Crippen molar-refractivity contribution in [3.63, 3.8) is 0 Å². The molecule has 3 rings (SSSR count). The summed E-state index contributed by atoms with van der Waals surface area (Å²) in [6.07, 6.45) is 0.537. The van der Waals surface area contributed by atoms with Crippen LogP contribution < -0.4 is 10.3 Å². The van der Waals surface area contributed by atoms with E-state index < -0.39 is 0 Å². The summed E-state index contributed by atoms with van der Waals surface area (Å²) in [6, 6.07) is 19.3. The standard InChI is InChI=1S/C18H16N2O2/c1-22-16-9-5-6-13(11-16)10-15-12-17(19-20-18(15)21)14-7-3-2-4-8-14/h2-9,11-12H,10H2,1H3,(H,20,21). The lowest BCUT2D eigenvalue weighted by Gasteiger charge is -2.06. The number of hydrogen-bond donors (Lipinski definition) is 1. The predicted octanol–water partition coefficient (Wildman–Crippen LogP) is 3.04. The molecule has 22 heavy (non-hydrogen) atoms. The van der Waals surface area contributed by atoms with Crippen LogP contribution in [0.4, 0.5) is 0 Å². The van der Waals surface area contributed by atoms with E-state index in [2.05, 4.69) is 10.2 Å². The highest BCUT2D eigenvalue weighted by Gasteiger charge is 2.07. The van der Waals surface area contributed by atoms with Gasteiger partial charge in [-0.15, -0.1) is 0 Å². The monoisotopic (exact) mass is 292 g/mol. The van der Waals surface area contributed by atoms with E-state index in [0.717, 1.165) is 22.6 Å². The van der Waals surface area contributed by atoms with Gasteiger partial charge in [0.25, 0.3) is 5.56 Å². The molecule has 110 valence electrons. The third-order valence-corrected chi connectivity index (χ3v) is 3.48. The van der Waals surface area contributed by atoms with Crippen molar-refractivity contribution < 1.29 is 4.74 Å². The SMILES string of the molecule is COc1cccc(Cc2cc(-c3ccccc3)n[nH]c2=O)c1. The summed E-state index contributed by atoms with van der Waals surface area (Å²) in [4.78, 5) is 12.0. The maximum atomic E-state index is 12.0. The lowest BCUT2D eigenvalue weighted by atomic mass is 10.0. The fourth-order valence-corrected chi connectivity index (χ4v) is 2.34. The Hall–Kier alpha value is -2.88. The normalized spacial score (nSPS) is 10.4. The Morgan fingerprint density at radius 3 is 2.64 bits per heavy atom. The Morgan fingerprint density at radius 1 is 1.05 bits per heavy atom. The van der Waals surface area contributed by atoms with E-state index in [1.807, 2.05) is 60.7 Å². The molecular weight excluding hydrogens is 276 g/mol. The molecule has 0 aliphatic carbocycles. The van der Waals surface area contributed by atoms with Crippen molar-refractivity contribution in [2.45, 2.75) is 6.42 Å².